The van der Waals surface area contributed by atoms with Gasteiger partial charge in [-0.3, -0.25) is 9.89 Å². The van der Waals surface area contributed by atoms with Crippen molar-refractivity contribution in [1.82, 2.24) is 9.78 Å². The largest absolute Gasteiger partial charge is 0.393 e. The van der Waals surface area contributed by atoms with Crippen molar-refractivity contribution < 1.29 is 0 Å². The number of nitrogen functional groups attached to an aromatic ring is 1. The number of nitrogens with one attached hydrogen (secondary N) is 1. The summed E-state index contributed by atoms with van der Waals surface area (Å²) >= 11 is 0. The predicted molar refractivity (Wildman–Crippen MR) is 69.6 cm³/mol. The number of hydrogen-bond acceptors (Lipinski definition) is 3. The lowest BCUT2D eigenvalue weighted by Crippen LogP contribution is -2.16. The fourth-order valence-corrected chi connectivity index (χ4v) is 1.80. The van der Waals surface area contributed by atoms with Crippen molar-refractivity contribution in [2.45, 2.75) is 19.8 Å². The second-order valence-electron chi connectivity index (χ2n) is 4.40. The molecule has 92 valence electrons. The van der Waals surface area contributed by atoms with Gasteiger partial charge in [-0.15, -0.1) is 0 Å². The average molecular weight is 242 g/mol. The molecule has 0 aliphatic rings. The molecule has 0 bridgehead atoms. The molecule has 0 aliphatic heterocycles. The van der Waals surface area contributed by atoms with E-state index >= 15 is 0 Å². The summed E-state index contributed by atoms with van der Waals surface area (Å²) in [6.07, 6.45) is 0. The topological polar surface area (TPSA) is 87.6 Å². The number of H-pyrrole nitrogens is 1. The molecule has 5 heteroatoms. The molecule has 0 saturated heterocycles. The van der Waals surface area contributed by atoms with E-state index in [-0.39, 0.29) is 17.2 Å². The summed E-state index contributed by atoms with van der Waals surface area (Å²) in [5.41, 5.74) is 7.55. The van der Waals surface area contributed by atoms with Crippen LogP contribution >= 0.6 is 0 Å². The van der Waals surface area contributed by atoms with Crippen LogP contribution in [0.3, 0.4) is 0 Å². The molecule has 0 fully saturated rings. The molecule has 1 heterocycles. The average Bonchev–Trinajstić information content (AvgIpc) is 2.67. The number of benzene rings is 1. The van der Waals surface area contributed by atoms with E-state index in [0.29, 0.717) is 16.9 Å². The smallest absolute Gasteiger partial charge is 0.294 e. The van der Waals surface area contributed by atoms with Gasteiger partial charge in [-0.05, 0) is 24.1 Å². The maximum absolute atomic E-state index is 12.0. The van der Waals surface area contributed by atoms with Crippen molar-refractivity contribution >= 4 is 5.69 Å². The first-order valence-corrected chi connectivity index (χ1v) is 5.65. The Hall–Kier alpha value is -2.48. The first kappa shape index (κ1) is 12.0. The molecule has 0 amide bonds. The molecular formula is C13H14N4O. The Morgan fingerprint density at radius 3 is 2.72 bits per heavy atom. The molecule has 0 atom stereocenters. The number of nitriles is 1. The normalized spacial score (nSPS) is 10.6. The molecule has 2 rings (SSSR count). The van der Waals surface area contributed by atoms with Crippen LogP contribution in [0.5, 0.6) is 0 Å². The van der Waals surface area contributed by atoms with Gasteiger partial charge in [-0.2, -0.15) is 5.26 Å². The van der Waals surface area contributed by atoms with Crippen molar-refractivity contribution in [1.29, 1.82) is 5.26 Å². The van der Waals surface area contributed by atoms with Crippen molar-refractivity contribution in [2.24, 2.45) is 0 Å². The van der Waals surface area contributed by atoms with E-state index in [1.165, 1.54) is 4.68 Å². The molecule has 5 nitrogen and oxygen atoms in total. The molecule has 3 N–H and O–H groups in total. The number of rotatable bonds is 2. The first-order valence-electron chi connectivity index (χ1n) is 5.65. The minimum absolute atomic E-state index is 0.137. The van der Waals surface area contributed by atoms with E-state index in [1.54, 1.807) is 24.3 Å². The van der Waals surface area contributed by atoms with Crippen LogP contribution in [0.2, 0.25) is 0 Å². The third kappa shape index (κ3) is 1.89. The second kappa shape index (κ2) is 4.41. The summed E-state index contributed by atoms with van der Waals surface area (Å²) in [5.74, 6) is 0.137. The van der Waals surface area contributed by atoms with Gasteiger partial charge < -0.3 is 5.73 Å². The maximum Gasteiger partial charge on any atom is 0.294 e. The highest BCUT2D eigenvalue weighted by atomic mass is 16.1. The number of aromatic amines is 1. The highest BCUT2D eigenvalue weighted by Gasteiger charge is 2.14. The van der Waals surface area contributed by atoms with Crippen LogP contribution in [0.4, 0.5) is 5.69 Å². The number of anilines is 1. The maximum atomic E-state index is 12.0. The molecule has 0 saturated carbocycles. The van der Waals surface area contributed by atoms with Gasteiger partial charge in [0, 0.05) is 0 Å². The molecule has 0 spiro atoms. The zero-order chi connectivity index (χ0) is 13.3. The summed E-state index contributed by atoms with van der Waals surface area (Å²) < 4.78 is 1.37. The Morgan fingerprint density at radius 1 is 1.44 bits per heavy atom. The van der Waals surface area contributed by atoms with Crippen LogP contribution in [0, 0.1) is 11.3 Å². The van der Waals surface area contributed by atoms with Crippen molar-refractivity contribution in [3.8, 4) is 11.8 Å². The predicted octanol–water partition coefficient (Wildman–Crippen LogP) is 1.74. The SMILES string of the molecule is CC(C)c1[nH]n(-c2cccc(C#N)c2)c(=O)c1N. The summed E-state index contributed by atoms with van der Waals surface area (Å²) in [7, 11) is 0. The third-order valence-corrected chi connectivity index (χ3v) is 2.77. The van der Waals surface area contributed by atoms with Crippen LogP contribution in [-0.4, -0.2) is 9.78 Å². The Kier molecular flexibility index (Phi) is 2.94. The zero-order valence-corrected chi connectivity index (χ0v) is 10.3. The monoisotopic (exact) mass is 242 g/mol. The number of hydrogen-bond donors (Lipinski definition) is 2. The Labute approximate surface area is 104 Å². The second-order valence-corrected chi connectivity index (χ2v) is 4.40. The fourth-order valence-electron chi connectivity index (χ4n) is 1.80. The van der Waals surface area contributed by atoms with E-state index in [1.807, 2.05) is 19.9 Å². The van der Waals surface area contributed by atoms with Gasteiger partial charge in [0.25, 0.3) is 5.56 Å². The summed E-state index contributed by atoms with van der Waals surface area (Å²) in [6, 6.07) is 8.85. The van der Waals surface area contributed by atoms with Crippen molar-refractivity contribution in [3.05, 3.63) is 45.9 Å². The van der Waals surface area contributed by atoms with E-state index in [4.69, 9.17) is 11.0 Å². The highest BCUT2D eigenvalue weighted by Crippen LogP contribution is 2.17. The molecule has 0 aliphatic carbocycles. The van der Waals surface area contributed by atoms with Crippen LogP contribution in [0.25, 0.3) is 5.69 Å². The number of nitrogens with two attached hydrogens (primary N) is 1. The molecule has 0 radical (unpaired) electrons. The lowest BCUT2D eigenvalue weighted by atomic mass is 10.1. The van der Waals surface area contributed by atoms with E-state index in [2.05, 4.69) is 5.10 Å². The van der Waals surface area contributed by atoms with Gasteiger partial charge in [-0.25, -0.2) is 4.68 Å². The fraction of sp³-hybridized carbons (Fsp3) is 0.231. The lowest BCUT2D eigenvalue weighted by molar-refractivity contribution is 0.761. The van der Waals surface area contributed by atoms with Crippen LogP contribution in [0.15, 0.2) is 29.1 Å². The summed E-state index contributed by atoms with van der Waals surface area (Å²) in [6.45, 7) is 3.91. The minimum Gasteiger partial charge on any atom is -0.393 e. The first-order chi connectivity index (χ1) is 8.54. The van der Waals surface area contributed by atoms with E-state index < -0.39 is 0 Å². The molecule has 18 heavy (non-hydrogen) atoms. The summed E-state index contributed by atoms with van der Waals surface area (Å²) in [5, 5.41) is 11.8. The van der Waals surface area contributed by atoms with Crippen molar-refractivity contribution in [3.63, 3.8) is 0 Å². The van der Waals surface area contributed by atoms with Gasteiger partial charge in [0.1, 0.15) is 5.69 Å². The number of nitrogens with zero attached hydrogens (tertiary/aromatic N) is 2. The van der Waals surface area contributed by atoms with Gasteiger partial charge in [0.15, 0.2) is 0 Å². The highest BCUT2D eigenvalue weighted by molar-refractivity contribution is 5.47. The van der Waals surface area contributed by atoms with Gasteiger partial charge in [-0.1, -0.05) is 19.9 Å². The third-order valence-electron chi connectivity index (χ3n) is 2.77. The summed E-state index contributed by atoms with van der Waals surface area (Å²) in [4.78, 5) is 12.0. The zero-order valence-electron chi connectivity index (χ0n) is 10.3. The molecular weight excluding hydrogens is 228 g/mol. The van der Waals surface area contributed by atoms with E-state index in [9.17, 15) is 4.79 Å². The van der Waals surface area contributed by atoms with Gasteiger partial charge >= 0.3 is 0 Å². The Morgan fingerprint density at radius 2 is 2.17 bits per heavy atom. The quantitative estimate of drug-likeness (QED) is 0.840. The van der Waals surface area contributed by atoms with Crippen LogP contribution in [-0.2, 0) is 0 Å². The standard InChI is InChI=1S/C13H14N4O/c1-8(2)12-11(15)13(18)17(16-12)10-5-3-4-9(6-10)7-14/h3-6,8,16H,15H2,1-2H3. The minimum atomic E-state index is -0.284. The Bertz CT molecular complexity index is 673. The van der Waals surface area contributed by atoms with Crippen LogP contribution in [0.1, 0.15) is 31.0 Å². The Balaban J connectivity index is 2.62. The van der Waals surface area contributed by atoms with Gasteiger partial charge in [0.05, 0.1) is 23.0 Å². The van der Waals surface area contributed by atoms with Crippen molar-refractivity contribution in [2.75, 3.05) is 5.73 Å². The molecule has 2 aromatic rings. The number of aromatic nitrogens is 2. The molecule has 1 aromatic heterocycles. The lowest BCUT2D eigenvalue weighted by Gasteiger charge is -2.03. The van der Waals surface area contributed by atoms with Crippen LogP contribution < -0.4 is 11.3 Å². The van der Waals surface area contributed by atoms with E-state index in [0.717, 1.165) is 0 Å². The van der Waals surface area contributed by atoms with Gasteiger partial charge in [0.2, 0.25) is 0 Å². The molecule has 1 aromatic carbocycles. The molecule has 0 unspecified atom stereocenters.